The summed E-state index contributed by atoms with van der Waals surface area (Å²) in [6.07, 6.45) is 9.51. The Morgan fingerprint density at radius 1 is 1.13 bits per heavy atom. The Bertz CT molecular complexity index is 1260. The van der Waals surface area contributed by atoms with Crippen molar-refractivity contribution in [3.8, 4) is 17.0 Å². The van der Waals surface area contributed by atoms with E-state index in [-0.39, 0.29) is 12.4 Å². The number of nitrogens with zero attached hydrogens (tertiary/aromatic N) is 1. The van der Waals surface area contributed by atoms with Gasteiger partial charge in [-0.2, -0.15) is 0 Å². The Morgan fingerprint density at radius 3 is 2.49 bits per heavy atom. The van der Waals surface area contributed by atoms with E-state index < -0.39 is 0 Å². The highest BCUT2D eigenvalue weighted by Gasteiger charge is 2.13. The van der Waals surface area contributed by atoms with Crippen molar-refractivity contribution in [2.24, 2.45) is 0 Å². The quantitative estimate of drug-likeness (QED) is 0.144. The standard InChI is InChI=1S/C33H42ClN3O2/c1-7-13-26(23(5)8-2)19-25(9-3)21-39-22-29-28(14-11-16-32(29)38)31-15-12-17-33(37-31)36-30(10-4)27(20-35)18-24(6)34/h9,11-12,14-17,19-20,35,38H,3,6-8,10,13,18,21-22H2,1-2,4-5H3,(H,36,37)/b25-19+,26-23+,30-27-,35-20?. The number of hydrogen-bond acceptors (Lipinski definition) is 5. The van der Waals surface area contributed by atoms with Gasteiger partial charge in [-0.05, 0) is 61.1 Å². The minimum Gasteiger partial charge on any atom is -0.508 e. The predicted octanol–water partition coefficient (Wildman–Crippen LogP) is 9.48. The van der Waals surface area contributed by atoms with E-state index >= 15 is 0 Å². The monoisotopic (exact) mass is 547 g/mol. The first-order chi connectivity index (χ1) is 18.8. The first-order valence-corrected chi connectivity index (χ1v) is 13.9. The lowest BCUT2D eigenvalue weighted by Gasteiger charge is -2.15. The zero-order valence-electron chi connectivity index (χ0n) is 23.7. The molecule has 0 bridgehead atoms. The number of hydrogen-bond donors (Lipinski definition) is 3. The maximum atomic E-state index is 10.7. The molecular formula is C33H42ClN3O2. The summed E-state index contributed by atoms with van der Waals surface area (Å²) in [6, 6.07) is 11.1. The number of phenolic OH excluding ortho intramolecular Hbond substituents is 1. The third-order valence-electron chi connectivity index (χ3n) is 6.49. The van der Waals surface area contributed by atoms with Gasteiger partial charge >= 0.3 is 0 Å². The minimum absolute atomic E-state index is 0.158. The zero-order chi connectivity index (χ0) is 28.8. The van der Waals surface area contributed by atoms with Gasteiger partial charge in [0, 0.05) is 34.5 Å². The van der Waals surface area contributed by atoms with Crippen molar-refractivity contribution in [3.63, 3.8) is 0 Å². The molecule has 3 N–H and O–H groups in total. The molecule has 0 unspecified atom stereocenters. The maximum absolute atomic E-state index is 10.7. The van der Waals surface area contributed by atoms with Crippen LogP contribution in [-0.4, -0.2) is 22.9 Å². The number of allylic oxidation sites excluding steroid dienone is 6. The molecule has 0 aliphatic rings. The van der Waals surface area contributed by atoms with Crippen LogP contribution in [0.2, 0.25) is 0 Å². The Hall–Kier alpha value is -3.41. The van der Waals surface area contributed by atoms with E-state index in [9.17, 15) is 5.11 Å². The summed E-state index contributed by atoms with van der Waals surface area (Å²) in [4.78, 5) is 4.80. The molecule has 0 saturated carbocycles. The number of rotatable bonds is 16. The third-order valence-corrected chi connectivity index (χ3v) is 6.62. The number of phenols is 1. The van der Waals surface area contributed by atoms with E-state index in [2.05, 4.69) is 45.3 Å². The van der Waals surface area contributed by atoms with Crippen LogP contribution in [0.5, 0.6) is 5.75 Å². The number of halogens is 1. The smallest absolute Gasteiger partial charge is 0.130 e. The van der Waals surface area contributed by atoms with Crippen LogP contribution >= 0.6 is 11.6 Å². The Morgan fingerprint density at radius 2 is 1.87 bits per heavy atom. The van der Waals surface area contributed by atoms with E-state index in [1.165, 1.54) is 17.4 Å². The molecule has 5 nitrogen and oxygen atoms in total. The molecule has 1 aromatic carbocycles. The van der Waals surface area contributed by atoms with Crippen LogP contribution in [0.15, 0.2) is 94.7 Å². The number of pyridine rings is 1. The number of aromatic hydroxyl groups is 1. The molecule has 0 aliphatic carbocycles. The van der Waals surface area contributed by atoms with Crippen LogP contribution in [-0.2, 0) is 11.3 Å². The van der Waals surface area contributed by atoms with Crippen LogP contribution < -0.4 is 5.32 Å². The summed E-state index contributed by atoms with van der Waals surface area (Å²) in [6.45, 7) is 16.9. The predicted molar refractivity (Wildman–Crippen MR) is 167 cm³/mol. The van der Waals surface area contributed by atoms with Gasteiger partial charge in [0.1, 0.15) is 11.6 Å². The number of ether oxygens (including phenoxy) is 1. The molecule has 39 heavy (non-hydrogen) atoms. The molecule has 6 heteroatoms. The molecule has 1 heterocycles. The van der Waals surface area contributed by atoms with Crippen LogP contribution in [0, 0.1) is 5.41 Å². The molecule has 0 saturated heterocycles. The SMILES string of the molecule is C=C/C(=C\C(CCC)=C(/C)CC)COCc1c(O)cccc1-c1cccc(N/C(CC)=C(\C=N)CC(=C)Cl)n1. The summed E-state index contributed by atoms with van der Waals surface area (Å²) >= 11 is 6.00. The molecule has 0 fully saturated rings. The van der Waals surface area contributed by atoms with Crippen molar-refractivity contribution in [2.45, 2.75) is 66.4 Å². The van der Waals surface area contributed by atoms with E-state index in [4.69, 9.17) is 26.7 Å². The fraction of sp³-hybridized carbons (Fsp3) is 0.333. The normalized spacial score (nSPS) is 12.9. The number of aromatic nitrogens is 1. The van der Waals surface area contributed by atoms with Crippen molar-refractivity contribution in [1.82, 2.24) is 4.98 Å². The fourth-order valence-electron chi connectivity index (χ4n) is 4.18. The second-order valence-corrected chi connectivity index (χ2v) is 9.89. The number of anilines is 1. The minimum atomic E-state index is 0.158. The second-order valence-electron chi connectivity index (χ2n) is 9.36. The molecule has 0 atom stereocenters. The van der Waals surface area contributed by atoms with Gasteiger partial charge in [0.15, 0.2) is 0 Å². The van der Waals surface area contributed by atoms with Crippen molar-refractivity contribution in [1.29, 1.82) is 5.41 Å². The van der Waals surface area contributed by atoms with Crippen LogP contribution in [0.1, 0.15) is 65.4 Å². The summed E-state index contributed by atoms with van der Waals surface area (Å²) in [5.74, 6) is 0.795. The van der Waals surface area contributed by atoms with Gasteiger partial charge in [0.25, 0.3) is 0 Å². The Labute approximate surface area is 239 Å². The van der Waals surface area contributed by atoms with Gasteiger partial charge in [-0.15, -0.1) is 0 Å². The highest BCUT2D eigenvalue weighted by molar-refractivity contribution is 6.29. The fourth-order valence-corrected chi connectivity index (χ4v) is 4.33. The van der Waals surface area contributed by atoms with E-state index in [0.29, 0.717) is 41.6 Å². The second kappa shape index (κ2) is 16.5. The van der Waals surface area contributed by atoms with Gasteiger partial charge in [-0.25, -0.2) is 4.98 Å². The zero-order valence-corrected chi connectivity index (χ0v) is 24.5. The summed E-state index contributed by atoms with van der Waals surface area (Å²) in [5.41, 5.74) is 7.49. The van der Waals surface area contributed by atoms with E-state index in [1.54, 1.807) is 12.1 Å². The first-order valence-electron chi connectivity index (χ1n) is 13.5. The highest BCUT2D eigenvalue weighted by atomic mass is 35.5. The van der Waals surface area contributed by atoms with Crippen molar-refractivity contribution >= 4 is 23.6 Å². The molecule has 1 aromatic heterocycles. The third kappa shape index (κ3) is 9.68. The largest absolute Gasteiger partial charge is 0.508 e. The molecule has 208 valence electrons. The maximum Gasteiger partial charge on any atom is 0.130 e. The van der Waals surface area contributed by atoms with Gasteiger partial charge in [-0.1, -0.05) is 87.9 Å². The molecular weight excluding hydrogens is 506 g/mol. The summed E-state index contributed by atoms with van der Waals surface area (Å²) < 4.78 is 6.08. The molecule has 0 spiro atoms. The molecule has 2 rings (SSSR count). The molecule has 2 aromatic rings. The van der Waals surface area contributed by atoms with Gasteiger partial charge < -0.3 is 20.6 Å². The topological polar surface area (TPSA) is 78.2 Å². The van der Waals surface area contributed by atoms with Crippen molar-refractivity contribution < 1.29 is 9.84 Å². The number of benzene rings is 1. The molecule has 0 amide bonds. The molecule has 0 radical (unpaired) electrons. The lowest BCUT2D eigenvalue weighted by Crippen LogP contribution is -2.06. The van der Waals surface area contributed by atoms with Crippen molar-refractivity contribution in [3.05, 3.63) is 100 Å². The van der Waals surface area contributed by atoms with Crippen LogP contribution in [0.3, 0.4) is 0 Å². The van der Waals surface area contributed by atoms with Crippen LogP contribution in [0.4, 0.5) is 5.82 Å². The lowest BCUT2D eigenvalue weighted by molar-refractivity contribution is 0.142. The molecule has 0 aliphatic heterocycles. The Kier molecular flexibility index (Phi) is 13.5. The highest BCUT2D eigenvalue weighted by Crippen LogP contribution is 2.31. The Balaban J connectivity index is 2.31. The summed E-state index contributed by atoms with van der Waals surface area (Å²) in [7, 11) is 0. The van der Waals surface area contributed by atoms with Gasteiger partial charge in [0.05, 0.1) is 18.9 Å². The van der Waals surface area contributed by atoms with Crippen LogP contribution in [0.25, 0.3) is 11.3 Å². The average Bonchev–Trinajstić information content (AvgIpc) is 2.94. The lowest BCUT2D eigenvalue weighted by atomic mass is 10.00. The van der Waals surface area contributed by atoms with E-state index in [0.717, 1.165) is 41.7 Å². The summed E-state index contributed by atoms with van der Waals surface area (Å²) in [5, 5.41) is 22.3. The van der Waals surface area contributed by atoms with Crippen molar-refractivity contribution in [2.75, 3.05) is 11.9 Å². The van der Waals surface area contributed by atoms with Gasteiger partial charge in [-0.3, -0.25) is 0 Å². The first kappa shape index (κ1) is 31.8. The number of nitrogens with one attached hydrogen (secondary N) is 2. The van der Waals surface area contributed by atoms with Gasteiger partial charge in [0.2, 0.25) is 0 Å². The average molecular weight is 548 g/mol. The van der Waals surface area contributed by atoms with E-state index in [1.807, 2.05) is 37.3 Å².